The van der Waals surface area contributed by atoms with Crippen molar-refractivity contribution in [1.29, 1.82) is 0 Å². The van der Waals surface area contributed by atoms with Gasteiger partial charge in [0.05, 0.1) is 5.75 Å². The van der Waals surface area contributed by atoms with E-state index < -0.39 is 10.0 Å². The van der Waals surface area contributed by atoms with Crippen LogP contribution in [0.2, 0.25) is 0 Å². The van der Waals surface area contributed by atoms with Gasteiger partial charge in [0.2, 0.25) is 15.9 Å². The lowest BCUT2D eigenvalue weighted by molar-refractivity contribution is -0.120. The van der Waals surface area contributed by atoms with Crippen molar-refractivity contribution in [1.82, 2.24) is 10.0 Å². The van der Waals surface area contributed by atoms with E-state index in [0.717, 1.165) is 16.9 Å². The Kier molecular flexibility index (Phi) is 8.74. The highest BCUT2D eigenvalue weighted by Crippen LogP contribution is 2.21. The molecule has 0 saturated carbocycles. The molecule has 2 aromatic rings. The first-order valence-electron chi connectivity index (χ1n) is 9.69. The topological polar surface area (TPSA) is 75.3 Å². The number of sulfonamides is 1. The zero-order valence-corrected chi connectivity index (χ0v) is 19.1. The van der Waals surface area contributed by atoms with Gasteiger partial charge in [-0.15, -0.1) is 11.8 Å². The van der Waals surface area contributed by atoms with Crippen LogP contribution in [-0.4, -0.2) is 26.1 Å². The summed E-state index contributed by atoms with van der Waals surface area (Å²) in [6, 6.07) is 13.5. The van der Waals surface area contributed by atoms with Crippen LogP contribution in [0.5, 0.6) is 0 Å². The Morgan fingerprint density at radius 1 is 1.00 bits per heavy atom. The third kappa shape index (κ3) is 8.60. The van der Waals surface area contributed by atoms with Crippen LogP contribution in [0, 0.1) is 13.8 Å². The van der Waals surface area contributed by atoms with Crippen LogP contribution >= 0.6 is 11.8 Å². The number of rotatable bonds is 10. The van der Waals surface area contributed by atoms with Crippen molar-refractivity contribution in [2.24, 2.45) is 0 Å². The first-order valence-corrected chi connectivity index (χ1v) is 12.3. The Morgan fingerprint density at radius 3 is 2.28 bits per heavy atom. The maximum atomic E-state index is 12.1. The van der Waals surface area contributed by atoms with Gasteiger partial charge in [-0.25, -0.2) is 13.1 Å². The molecule has 0 aliphatic carbocycles. The molecule has 0 aliphatic heterocycles. The average molecular weight is 435 g/mol. The first-order chi connectivity index (χ1) is 13.6. The lowest BCUT2D eigenvalue weighted by atomic mass is 10.1. The molecule has 7 heteroatoms. The van der Waals surface area contributed by atoms with Gasteiger partial charge < -0.3 is 5.32 Å². The predicted octanol–water partition coefficient (Wildman–Crippen LogP) is 3.93. The maximum Gasteiger partial charge on any atom is 0.221 e. The Hall–Kier alpha value is -1.83. The number of aryl methyl sites for hydroxylation is 2. The summed E-state index contributed by atoms with van der Waals surface area (Å²) >= 11 is 1.68. The molecule has 0 fully saturated rings. The fraction of sp³-hybridized carbons (Fsp3) is 0.409. The van der Waals surface area contributed by atoms with E-state index in [1.165, 1.54) is 16.0 Å². The molecule has 1 amide bonds. The zero-order valence-electron chi connectivity index (χ0n) is 17.5. The number of nitrogens with one attached hydrogen (secondary N) is 2. The van der Waals surface area contributed by atoms with E-state index in [9.17, 15) is 13.2 Å². The summed E-state index contributed by atoms with van der Waals surface area (Å²) in [5, 5.41) is 2.92. The van der Waals surface area contributed by atoms with Crippen molar-refractivity contribution in [3.05, 3.63) is 64.7 Å². The minimum Gasteiger partial charge on any atom is -0.352 e. The van der Waals surface area contributed by atoms with Crippen LogP contribution in [0.3, 0.4) is 0 Å². The summed E-state index contributed by atoms with van der Waals surface area (Å²) in [6.45, 7) is 8.20. The maximum absolute atomic E-state index is 12.1. The molecule has 158 valence electrons. The number of amides is 1. The summed E-state index contributed by atoms with van der Waals surface area (Å²) in [6.07, 6.45) is 0.453. The minimum absolute atomic E-state index is 0.00845. The first kappa shape index (κ1) is 23.4. The van der Waals surface area contributed by atoms with Crippen molar-refractivity contribution < 1.29 is 13.2 Å². The molecular formula is C22H30N2O3S2. The van der Waals surface area contributed by atoms with Crippen molar-refractivity contribution in [3.63, 3.8) is 0 Å². The minimum atomic E-state index is -3.33. The molecule has 0 unspecified atom stereocenters. The zero-order chi connectivity index (χ0) is 21.4. The average Bonchev–Trinajstić information content (AvgIpc) is 2.62. The van der Waals surface area contributed by atoms with Crippen molar-refractivity contribution in [2.75, 3.05) is 5.75 Å². The highest BCUT2D eigenvalue weighted by atomic mass is 32.2. The van der Waals surface area contributed by atoms with E-state index in [2.05, 4.69) is 42.1 Å². The molecule has 0 saturated heterocycles. The monoisotopic (exact) mass is 434 g/mol. The number of thioether (sulfide) groups is 1. The van der Waals surface area contributed by atoms with Gasteiger partial charge in [0, 0.05) is 29.7 Å². The van der Waals surface area contributed by atoms with E-state index in [1.807, 2.05) is 12.1 Å². The highest BCUT2D eigenvalue weighted by Gasteiger charge is 2.12. The van der Waals surface area contributed by atoms with Gasteiger partial charge in [-0.1, -0.05) is 30.3 Å². The van der Waals surface area contributed by atoms with Crippen LogP contribution in [-0.2, 0) is 27.1 Å². The quantitative estimate of drug-likeness (QED) is 0.556. The summed E-state index contributed by atoms with van der Waals surface area (Å²) in [5.74, 6) is 0.690. The van der Waals surface area contributed by atoms with Crippen molar-refractivity contribution in [3.8, 4) is 0 Å². The fourth-order valence-electron chi connectivity index (χ4n) is 2.73. The number of carbonyl (C=O) groups excluding carboxylic acids is 1. The SMILES string of the molecule is Cc1ccc(SCCC(=O)NCc2ccc(CS(=O)(=O)NC(C)C)cc2)cc1C. The third-order valence-corrected chi connectivity index (χ3v) is 6.90. The number of carbonyl (C=O) groups is 1. The van der Waals surface area contributed by atoms with E-state index in [4.69, 9.17) is 0 Å². The number of benzene rings is 2. The van der Waals surface area contributed by atoms with Gasteiger partial charge in [-0.2, -0.15) is 0 Å². The predicted molar refractivity (Wildman–Crippen MR) is 120 cm³/mol. The molecule has 0 aliphatic rings. The normalized spacial score (nSPS) is 11.6. The molecule has 0 atom stereocenters. The van der Waals surface area contributed by atoms with Gasteiger partial charge in [0.1, 0.15) is 0 Å². The Labute approximate surface area is 178 Å². The standard InChI is InChI=1S/C22H30N2O3S2/c1-16(2)24-29(26,27)15-20-8-6-19(7-9-20)14-23-22(25)11-12-28-21-10-5-17(3)18(4)13-21/h5-10,13,16,24H,11-12,14-15H2,1-4H3,(H,23,25). The molecule has 0 radical (unpaired) electrons. The summed E-state index contributed by atoms with van der Waals surface area (Å²) < 4.78 is 26.5. The molecular weight excluding hydrogens is 404 g/mol. The Balaban J connectivity index is 1.74. The van der Waals surface area contributed by atoms with Crippen molar-refractivity contribution >= 4 is 27.7 Å². The van der Waals surface area contributed by atoms with Crippen LogP contribution < -0.4 is 10.0 Å². The molecule has 2 rings (SSSR count). The number of hydrogen-bond donors (Lipinski definition) is 2. The molecule has 5 nitrogen and oxygen atoms in total. The molecule has 0 aromatic heterocycles. The van der Waals surface area contributed by atoms with E-state index in [-0.39, 0.29) is 17.7 Å². The molecule has 29 heavy (non-hydrogen) atoms. The molecule has 0 spiro atoms. The van der Waals surface area contributed by atoms with Crippen LogP contribution in [0.1, 0.15) is 42.5 Å². The molecule has 0 bridgehead atoms. The van der Waals surface area contributed by atoms with Gasteiger partial charge >= 0.3 is 0 Å². The van der Waals surface area contributed by atoms with Gasteiger partial charge in [0.25, 0.3) is 0 Å². The Bertz CT molecular complexity index is 924. The second kappa shape index (κ2) is 10.8. The van der Waals surface area contributed by atoms with Gasteiger partial charge in [-0.3, -0.25) is 4.79 Å². The largest absolute Gasteiger partial charge is 0.352 e. The third-order valence-electron chi connectivity index (χ3n) is 4.36. The highest BCUT2D eigenvalue weighted by molar-refractivity contribution is 7.99. The van der Waals surface area contributed by atoms with Crippen LogP contribution in [0.4, 0.5) is 0 Å². The molecule has 0 heterocycles. The summed E-state index contributed by atoms with van der Waals surface area (Å²) in [5.41, 5.74) is 4.19. The second-order valence-corrected chi connectivity index (χ2v) is 10.4. The second-order valence-electron chi connectivity index (χ2n) is 7.47. The van der Waals surface area contributed by atoms with Crippen LogP contribution in [0.25, 0.3) is 0 Å². The van der Waals surface area contributed by atoms with E-state index in [0.29, 0.717) is 13.0 Å². The van der Waals surface area contributed by atoms with E-state index >= 15 is 0 Å². The molecule has 2 aromatic carbocycles. The van der Waals surface area contributed by atoms with E-state index in [1.54, 1.807) is 37.7 Å². The molecule has 2 N–H and O–H groups in total. The fourth-order valence-corrected chi connectivity index (χ4v) is 5.11. The van der Waals surface area contributed by atoms with Gasteiger partial charge in [-0.05, 0) is 62.1 Å². The Morgan fingerprint density at radius 2 is 1.66 bits per heavy atom. The van der Waals surface area contributed by atoms with Crippen LogP contribution in [0.15, 0.2) is 47.4 Å². The smallest absolute Gasteiger partial charge is 0.221 e. The summed E-state index contributed by atoms with van der Waals surface area (Å²) in [7, 11) is -3.33. The summed E-state index contributed by atoms with van der Waals surface area (Å²) in [4.78, 5) is 13.3. The van der Waals surface area contributed by atoms with Gasteiger partial charge in [0.15, 0.2) is 0 Å². The van der Waals surface area contributed by atoms with Crippen molar-refractivity contribution in [2.45, 2.75) is 57.4 Å². The number of hydrogen-bond acceptors (Lipinski definition) is 4. The lowest BCUT2D eigenvalue weighted by Crippen LogP contribution is -2.31. The lowest BCUT2D eigenvalue weighted by Gasteiger charge is -2.10.